The summed E-state index contributed by atoms with van der Waals surface area (Å²) in [5.74, 6) is -1.39. The van der Waals surface area contributed by atoms with Crippen molar-refractivity contribution in [2.75, 3.05) is 23.3 Å². The number of rotatable bonds is 6. The molecule has 3 aromatic rings. The van der Waals surface area contributed by atoms with Crippen LogP contribution in [0.4, 0.5) is 21.5 Å². The summed E-state index contributed by atoms with van der Waals surface area (Å²) in [6.45, 7) is 0.914. The number of carbonyl (C=O) groups excluding carboxylic acids is 1. The highest BCUT2D eigenvalue weighted by molar-refractivity contribution is 9.10. The van der Waals surface area contributed by atoms with Gasteiger partial charge in [-0.2, -0.15) is 5.10 Å². The van der Waals surface area contributed by atoms with Crippen molar-refractivity contribution < 1.29 is 14.1 Å². The van der Waals surface area contributed by atoms with Crippen LogP contribution in [0.1, 0.15) is 12.8 Å². The number of amidine groups is 1. The Morgan fingerprint density at radius 3 is 2.59 bits per heavy atom. The molecule has 0 amide bonds. The summed E-state index contributed by atoms with van der Waals surface area (Å²) in [4.78, 5) is 26.1. The van der Waals surface area contributed by atoms with Crippen LogP contribution in [0.3, 0.4) is 0 Å². The number of piperidine rings is 1. The average molecular weight is 529 g/mol. The van der Waals surface area contributed by atoms with E-state index in [0.717, 1.165) is 5.56 Å². The zero-order valence-electron chi connectivity index (χ0n) is 18.3. The molecule has 0 aliphatic carbocycles. The van der Waals surface area contributed by atoms with Crippen LogP contribution < -0.4 is 10.2 Å². The van der Waals surface area contributed by atoms with Gasteiger partial charge in [0.05, 0.1) is 15.6 Å². The van der Waals surface area contributed by atoms with Gasteiger partial charge in [0.2, 0.25) is 5.78 Å². The molecule has 2 heterocycles. The minimum atomic E-state index is -0.432. The second-order valence-corrected chi connectivity index (χ2v) is 8.97. The fourth-order valence-corrected chi connectivity index (χ4v) is 4.43. The lowest BCUT2D eigenvalue weighted by atomic mass is 9.91. The van der Waals surface area contributed by atoms with Crippen molar-refractivity contribution >= 4 is 44.6 Å². The van der Waals surface area contributed by atoms with Crippen LogP contribution in [0, 0.1) is 27.3 Å². The molecule has 1 aliphatic rings. The van der Waals surface area contributed by atoms with Gasteiger partial charge in [-0.3, -0.25) is 25.0 Å². The molecule has 34 heavy (non-hydrogen) atoms. The van der Waals surface area contributed by atoms with Crippen LogP contribution >= 0.6 is 15.9 Å². The number of hydrogen-bond donors (Lipinski definition) is 2. The molecule has 0 spiro atoms. The molecular formula is C23H22BrFN6O3. The molecule has 0 atom stereocenters. The number of nitro groups is 1. The zero-order chi connectivity index (χ0) is 24.4. The molecule has 9 nitrogen and oxygen atoms in total. The Morgan fingerprint density at radius 2 is 1.97 bits per heavy atom. The third-order valence-electron chi connectivity index (χ3n) is 5.85. The first-order valence-electron chi connectivity index (χ1n) is 10.6. The first kappa shape index (κ1) is 23.6. The van der Waals surface area contributed by atoms with E-state index in [0.29, 0.717) is 42.9 Å². The van der Waals surface area contributed by atoms with E-state index in [1.807, 2.05) is 11.0 Å². The van der Waals surface area contributed by atoms with Gasteiger partial charge in [0.1, 0.15) is 11.5 Å². The van der Waals surface area contributed by atoms with Gasteiger partial charge in [-0.25, -0.2) is 4.39 Å². The summed E-state index contributed by atoms with van der Waals surface area (Å²) in [7, 11) is 1.78. The molecule has 0 radical (unpaired) electrons. The van der Waals surface area contributed by atoms with E-state index < -0.39 is 10.7 Å². The predicted octanol–water partition coefficient (Wildman–Crippen LogP) is 4.77. The van der Waals surface area contributed by atoms with Gasteiger partial charge in [0.15, 0.2) is 5.84 Å². The van der Waals surface area contributed by atoms with Crippen LogP contribution in [0.5, 0.6) is 0 Å². The van der Waals surface area contributed by atoms with Crippen molar-refractivity contribution in [2.45, 2.75) is 12.8 Å². The molecule has 0 unspecified atom stereocenters. The van der Waals surface area contributed by atoms with Crippen LogP contribution in [0.25, 0.3) is 11.1 Å². The smallest absolute Gasteiger partial charge is 0.293 e. The van der Waals surface area contributed by atoms with Crippen LogP contribution in [0.2, 0.25) is 0 Å². The van der Waals surface area contributed by atoms with Crippen LogP contribution in [0.15, 0.2) is 53.3 Å². The highest BCUT2D eigenvalue weighted by Gasteiger charge is 2.30. The number of nitro benzene ring substituents is 1. The Labute approximate surface area is 203 Å². The number of nitrogens with zero attached hydrogens (tertiary/aromatic N) is 4. The number of Topliss-reactive ketones (excluding diaryl/α,β-unsaturated/α-hetero) is 1. The molecule has 176 valence electrons. The maximum absolute atomic E-state index is 13.4. The lowest BCUT2D eigenvalue weighted by Gasteiger charge is -2.32. The minimum absolute atomic E-state index is 0.00225. The van der Waals surface area contributed by atoms with Crippen molar-refractivity contribution in [3.63, 3.8) is 0 Å². The van der Waals surface area contributed by atoms with Crippen molar-refractivity contribution in [1.82, 2.24) is 9.78 Å². The second kappa shape index (κ2) is 9.72. The predicted molar refractivity (Wildman–Crippen MR) is 131 cm³/mol. The number of anilines is 2. The summed E-state index contributed by atoms with van der Waals surface area (Å²) >= 11 is 3.09. The maximum atomic E-state index is 13.4. The standard InChI is InChI=1S/C23H22BrFN6O3/c1-29-13-16(12-27-29)15-2-5-20(21(10-15)31(33)34)30-8-6-14(7-9-30)22(32)23(26)28-17-3-4-19(25)18(24)11-17/h2-5,10-14H,6-9H2,1H3,(H2,26,28). The SMILES string of the molecule is Cn1cc(-c2ccc(N3CCC(C(=O)C(=N)Nc4ccc(F)c(Br)c4)CC3)c([N+](=O)[O-])c2)cn1. The van der Waals surface area contributed by atoms with Gasteiger partial charge in [0, 0.05) is 49.6 Å². The summed E-state index contributed by atoms with van der Waals surface area (Å²) in [6.07, 6.45) is 4.39. The largest absolute Gasteiger partial charge is 0.366 e. The molecule has 0 saturated carbocycles. The fraction of sp³-hybridized carbons (Fsp3) is 0.261. The molecule has 1 aliphatic heterocycles. The van der Waals surface area contributed by atoms with Gasteiger partial charge in [0.25, 0.3) is 5.69 Å². The first-order valence-corrected chi connectivity index (χ1v) is 11.4. The lowest BCUT2D eigenvalue weighted by molar-refractivity contribution is -0.384. The van der Waals surface area contributed by atoms with E-state index in [4.69, 9.17) is 5.41 Å². The van der Waals surface area contributed by atoms with Crippen LogP contribution in [-0.4, -0.2) is 39.4 Å². The van der Waals surface area contributed by atoms with Crippen molar-refractivity contribution in [3.8, 4) is 11.1 Å². The van der Waals surface area contributed by atoms with Gasteiger partial charge in [-0.1, -0.05) is 6.07 Å². The van der Waals surface area contributed by atoms with Gasteiger partial charge < -0.3 is 10.2 Å². The Balaban J connectivity index is 1.42. The molecule has 2 aromatic carbocycles. The minimum Gasteiger partial charge on any atom is -0.366 e. The Hall–Kier alpha value is -3.60. The van der Waals surface area contributed by atoms with E-state index in [1.165, 1.54) is 18.2 Å². The number of carbonyl (C=O) groups is 1. The van der Waals surface area contributed by atoms with E-state index in [1.54, 1.807) is 36.3 Å². The van der Waals surface area contributed by atoms with Crippen molar-refractivity contribution in [3.05, 3.63) is 69.2 Å². The molecule has 1 aromatic heterocycles. The van der Waals surface area contributed by atoms with Crippen LogP contribution in [-0.2, 0) is 11.8 Å². The third kappa shape index (κ3) is 4.98. The number of halogens is 2. The van der Waals surface area contributed by atoms with Gasteiger partial charge in [-0.15, -0.1) is 0 Å². The van der Waals surface area contributed by atoms with E-state index in [9.17, 15) is 19.3 Å². The molecule has 1 fully saturated rings. The topological polar surface area (TPSA) is 117 Å². The van der Waals surface area contributed by atoms with Crippen molar-refractivity contribution in [1.29, 1.82) is 5.41 Å². The molecule has 11 heteroatoms. The fourth-order valence-electron chi connectivity index (χ4n) is 4.05. The van der Waals surface area contributed by atoms with Gasteiger partial charge in [-0.05, 0) is 58.6 Å². The summed E-state index contributed by atoms with van der Waals surface area (Å²) < 4.78 is 15.3. The van der Waals surface area contributed by atoms with E-state index in [2.05, 4.69) is 26.3 Å². The summed E-state index contributed by atoms with van der Waals surface area (Å²) in [5, 5.41) is 26.7. The number of aryl methyl sites for hydroxylation is 1. The Morgan fingerprint density at radius 1 is 1.24 bits per heavy atom. The highest BCUT2D eigenvalue weighted by atomic mass is 79.9. The summed E-state index contributed by atoms with van der Waals surface area (Å²) in [5.41, 5.74) is 2.45. The number of nitrogens with one attached hydrogen (secondary N) is 2. The normalized spacial score (nSPS) is 14.1. The quantitative estimate of drug-likeness (QED) is 0.206. The molecule has 2 N–H and O–H groups in total. The Bertz CT molecular complexity index is 1270. The highest BCUT2D eigenvalue weighted by Crippen LogP contribution is 2.35. The van der Waals surface area contributed by atoms with Crippen molar-refractivity contribution in [2.24, 2.45) is 13.0 Å². The summed E-state index contributed by atoms with van der Waals surface area (Å²) in [6, 6.07) is 9.28. The lowest BCUT2D eigenvalue weighted by Crippen LogP contribution is -2.39. The molecule has 0 bridgehead atoms. The third-order valence-corrected chi connectivity index (χ3v) is 6.46. The number of benzene rings is 2. The molecular weight excluding hydrogens is 507 g/mol. The van der Waals surface area contributed by atoms with E-state index in [-0.39, 0.29) is 27.7 Å². The number of ketones is 1. The van der Waals surface area contributed by atoms with Gasteiger partial charge >= 0.3 is 0 Å². The van der Waals surface area contributed by atoms with E-state index >= 15 is 0 Å². The molecule has 1 saturated heterocycles. The number of hydrogen-bond acceptors (Lipinski definition) is 6. The first-order chi connectivity index (χ1) is 16.2. The monoisotopic (exact) mass is 528 g/mol. The number of aromatic nitrogens is 2. The maximum Gasteiger partial charge on any atom is 0.293 e. The zero-order valence-corrected chi connectivity index (χ0v) is 19.9. The second-order valence-electron chi connectivity index (χ2n) is 8.12. The average Bonchev–Trinajstić information content (AvgIpc) is 3.27. The Kier molecular flexibility index (Phi) is 6.73. The molecule has 4 rings (SSSR count).